The van der Waals surface area contributed by atoms with Crippen molar-refractivity contribution in [1.82, 2.24) is 5.32 Å². The number of nitrogens with one attached hydrogen (secondary N) is 1. The highest BCUT2D eigenvalue weighted by Gasteiger charge is 2.37. The van der Waals surface area contributed by atoms with Gasteiger partial charge >= 0.3 is 0 Å². The summed E-state index contributed by atoms with van der Waals surface area (Å²) in [6.45, 7) is 0.655. The van der Waals surface area contributed by atoms with E-state index in [0.29, 0.717) is 22.8 Å². The minimum atomic E-state index is -0.350. The summed E-state index contributed by atoms with van der Waals surface area (Å²) in [5.41, 5.74) is 3.61. The number of fused-ring (bicyclic) bond motifs is 1. The number of carbonyl (C=O) groups excluding carboxylic acids is 2. The van der Waals surface area contributed by atoms with Crippen LogP contribution in [0.3, 0.4) is 0 Å². The monoisotopic (exact) mass is 324 g/mol. The lowest BCUT2D eigenvalue weighted by Gasteiger charge is -2.20. The summed E-state index contributed by atoms with van der Waals surface area (Å²) in [4.78, 5) is 26.6. The fraction of sp³-hybridized carbons (Fsp3) is 0.111. The summed E-state index contributed by atoms with van der Waals surface area (Å²) in [5, 5.41) is 3.09. The first kappa shape index (κ1) is 14.0. The van der Waals surface area contributed by atoms with Crippen LogP contribution >= 0.6 is 11.6 Å². The molecule has 23 heavy (non-hydrogen) atoms. The quantitative estimate of drug-likeness (QED) is 0.864. The summed E-state index contributed by atoms with van der Waals surface area (Å²) in [7, 11) is 0. The number of nitrogens with zero attached hydrogens (tertiary/aromatic N) is 1. The first-order chi connectivity index (χ1) is 11.1. The van der Waals surface area contributed by atoms with Gasteiger partial charge in [-0.15, -0.1) is 0 Å². The van der Waals surface area contributed by atoms with E-state index in [1.165, 1.54) is 0 Å². The number of halogens is 1. The maximum absolute atomic E-state index is 12.4. The Bertz CT molecular complexity index is 859. The summed E-state index contributed by atoms with van der Waals surface area (Å²) in [5.74, 6) is -0.699. The number of carbonyl (C=O) groups is 2. The Labute approximate surface area is 138 Å². The zero-order chi connectivity index (χ0) is 16.0. The molecule has 4 nitrogen and oxygen atoms in total. The van der Waals surface area contributed by atoms with Crippen molar-refractivity contribution in [3.8, 4) is 0 Å². The molecule has 0 aliphatic carbocycles. The van der Waals surface area contributed by atoms with Gasteiger partial charge < -0.3 is 4.90 Å². The molecule has 0 fully saturated rings. The van der Waals surface area contributed by atoms with E-state index in [1.54, 1.807) is 6.07 Å². The molecule has 2 aliphatic heterocycles. The molecule has 114 valence electrons. The Balaban J connectivity index is 1.88. The van der Waals surface area contributed by atoms with Crippen LogP contribution in [0.1, 0.15) is 11.1 Å². The van der Waals surface area contributed by atoms with Gasteiger partial charge in [-0.1, -0.05) is 41.9 Å². The number of hydrogen-bond donors (Lipinski definition) is 1. The smallest absolute Gasteiger partial charge is 0.275 e. The number of amides is 2. The van der Waals surface area contributed by atoms with Gasteiger partial charge in [0.1, 0.15) is 5.70 Å². The van der Waals surface area contributed by atoms with Crippen LogP contribution in [-0.2, 0) is 16.0 Å². The molecule has 2 amide bonds. The SMILES string of the molecule is O=C1NC(=O)C(N2CCc3cc(Cl)ccc32)=C1c1ccccc1. The van der Waals surface area contributed by atoms with Crippen LogP contribution < -0.4 is 10.2 Å². The molecular weight excluding hydrogens is 312 g/mol. The number of imide groups is 1. The first-order valence-electron chi connectivity index (χ1n) is 7.36. The number of hydrogen-bond acceptors (Lipinski definition) is 3. The zero-order valence-corrected chi connectivity index (χ0v) is 12.9. The second-order valence-corrected chi connectivity index (χ2v) is 5.98. The van der Waals surface area contributed by atoms with E-state index >= 15 is 0 Å². The van der Waals surface area contributed by atoms with Crippen LogP contribution in [-0.4, -0.2) is 18.4 Å². The molecular formula is C18H13ClN2O2. The van der Waals surface area contributed by atoms with Gasteiger partial charge in [-0.05, 0) is 35.7 Å². The van der Waals surface area contributed by atoms with Crippen LogP contribution in [0.5, 0.6) is 0 Å². The lowest BCUT2D eigenvalue weighted by atomic mass is 10.0. The average Bonchev–Trinajstić information content (AvgIpc) is 3.07. The van der Waals surface area contributed by atoms with Crippen molar-refractivity contribution in [2.45, 2.75) is 6.42 Å². The molecule has 2 heterocycles. The number of anilines is 1. The van der Waals surface area contributed by atoms with E-state index in [2.05, 4.69) is 5.32 Å². The van der Waals surface area contributed by atoms with Crippen molar-refractivity contribution in [3.05, 3.63) is 70.4 Å². The number of rotatable bonds is 2. The third-order valence-corrected chi connectivity index (χ3v) is 4.41. The molecule has 0 bridgehead atoms. The maximum atomic E-state index is 12.4. The van der Waals surface area contributed by atoms with Gasteiger partial charge in [0.15, 0.2) is 0 Å². The lowest BCUT2D eigenvalue weighted by molar-refractivity contribution is -0.123. The first-order valence-corrected chi connectivity index (χ1v) is 7.74. The zero-order valence-electron chi connectivity index (χ0n) is 12.2. The van der Waals surface area contributed by atoms with Gasteiger partial charge in [0.25, 0.3) is 11.8 Å². The Kier molecular flexibility index (Phi) is 3.20. The predicted molar refractivity (Wildman–Crippen MR) is 89.0 cm³/mol. The highest BCUT2D eigenvalue weighted by atomic mass is 35.5. The van der Waals surface area contributed by atoms with E-state index < -0.39 is 0 Å². The van der Waals surface area contributed by atoms with Crippen molar-refractivity contribution in [2.75, 3.05) is 11.4 Å². The van der Waals surface area contributed by atoms with Crippen molar-refractivity contribution < 1.29 is 9.59 Å². The standard InChI is InChI=1S/C18H13ClN2O2/c19-13-6-7-14-12(10-13)8-9-21(14)16-15(17(22)20-18(16)23)11-4-2-1-3-5-11/h1-7,10H,8-9H2,(H,20,22,23). The molecule has 1 N–H and O–H groups in total. The van der Waals surface area contributed by atoms with Gasteiger partial charge in [-0.25, -0.2) is 0 Å². The number of benzene rings is 2. The Hall–Kier alpha value is -2.59. The fourth-order valence-corrected chi connectivity index (χ4v) is 3.37. The van der Waals surface area contributed by atoms with Crippen molar-refractivity contribution in [1.29, 1.82) is 0 Å². The molecule has 0 saturated heterocycles. The van der Waals surface area contributed by atoms with Crippen LogP contribution in [0.4, 0.5) is 5.69 Å². The minimum absolute atomic E-state index is 0.349. The average molecular weight is 325 g/mol. The largest absolute Gasteiger partial charge is 0.336 e. The molecule has 0 unspecified atom stereocenters. The highest BCUT2D eigenvalue weighted by molar-refractivity contribution is 6.37. The molecule has 0 aromatic heterocycles. The summed E-state index contributed by atoms with van der Waals surface area (Å²) in [6.07, 6.45) is 0.795. The molecule has 2 aromatic carbocycles. The Morgan fingerprint density at radius 1 is 1.00 bits per heavy atom. The predicted octanol–water partition coefficient (Wildman–Crippen LogP) is 2.77. The topological polar surface area (TPSA) is 49.4 Å². The normalized spacial score (nSPS) is 16.8. The Morgan fingerprint density at radius 2 is 1.78 bits per heavy atom. The molecule has 2 aliphatic rings. The maximum Gasteiger partial charge on any atom is 0.275 e. The van der Waals surface area contributed by atoms with Gasteiger partial charge in [0.05, 0.1) is 5.57 Å². The Morgan fingerprint density at radius 3 is 2.57 bits per heavy atom. The molecule has 2 aromatic rings. The summed E-state index contributed by atoms with van der Waals surface area (Å²) >= 11 is 6.04. The fourth-order valence-electron chi connectivity index (χ4n) is 3.18. The van der Waals surface area contributed by atoms with E-state index in [0.717, 1.165) is 23.2 Å². The van der Waals surface area contributed by atoms with Crippen LogP contribution in [0, 0.1) is 0 Å². The molecule has 0 atom stereocenters. The molecule has 4 rings (SSSR count). The molecule has 0 saturated carbocycles. The van der Waals surface area contributed by atoms with Crippen LogP contribution in [0.25, 0.3) is 5.57 Å². The second-order valence-electron chi connectivity index (χ2n) is 5.55. The third kappa shape index (κ3) is 2.23. The van der Waals surface area contributed by atoms with Gasteiger partial charge in [-0.3, -0.25) is 14.9 Å². The van der Waals surface area contributed by atoms with Crippen molar-refractivity contribution in [3.63, 3.8) is 0 Å². The molecule has 5 heteroatoms. The lowest BCUT2D eigenvalue weighted by Crippen LogP contribution is -2.29. The van der Waals surface area contributed by atoms with E-state index in [-0.39, 0.29) is 11.8 Å². The van der Waals surface area contributed by atoms with Crippen LogP contribution in [0.2, 0.25) is 5.02 Å². The third-order valence-electron chi connectivity index (χ3n) is 4.18. The summed E-state index contributed by atoms with van der Waals surface area (Å²) in [6, 6.07) is 14.9. The highest BCUT2D eigenvalue weighted by Crippen LogP contribution is 2.37. The van der Waals surface area contributed by atoms with E-state index in [1.807, 2.05) is 47.4 Å². The van der Waals surface area contributed by atoms with E-state index in [4.69, 9.17) is 11.6 Å². The summed E-state index contributed by atoms with van der Waals surface area (Å²) < 4.78 is 0. The molecule has 0 spiro atoms. The second kappa shape index (κ2) is 5.25. The molecule has 0 radical (unpaired) electrons. The van der Waals surface area contributed by atoms with Gasteiger partial charge in [-0.2, -0.15) is 0 Å². The van der Waals surface area contributed by atoms with E-state index in [9.17, 15) is 9.59 Å². The van der Waals surface area contributed by atoms with Gasteiger partial charge in [0.2, 0.25) is 0 Å². The minimum Gasteiger partial charge on any atom is -0.336 e. The van der Waals surface area contributed by atoms with Crippen molar-refractivity contribution in [2.24, 2.45) is 0 Å². The van der Waals surface area contributed by atoms with Crippen LogP contribution in [0.15, 0.2) is 54.2 Å². The van der Waals surface area contributed by atoms with Crippen molar-refractivity contribution >= 4 is 34.7 Å². The van der Waals surface area contributed by atoms with Gasteiger partial charge in [0, 0.05) is 17.3 Å².